The quantitative estimate of drug-likeness (QED) is 0.505. The first-order valence-corrected chi connectivity index (χ1v) is 8.02. The average molecular weight is 340 g/mol. The molecule has 0 aliphatic rings. The standard InChI is InChI=1S/C15H20N2O5S/c1-3-21-11-4-6-12(7-5-11)23-10-15(20)22-9-14(19)17-8-13(18)16-2/h4-7H,3,8-10H2,1-2H3,(H,16,18)(H,17,19). The molecule has 0 aliphatic heterocycles. The van der Waals surface area contributed by atoms with Crippen LogP contribution in [0, 0.1) is 0 Å². The lowest BCUT2D eigenvalue weighted by atomic mass is 10.3. The van der Waals surface area contributed by atoms with Crippen molar-refractivity contribution in [3.05, 3.63) is 24.3 Å². The van der Waals surface area contributed by atoms with Gasteiger partial charge in [0.25, 0.3) is 5.91 Å². The van der Waals surface area contributed by atoms with Crippen LogP contribution in [0.3, 0.4) is 0 Å². The van der Waals surface area contributed by atoms with E-state index >= 15 is 0 Å². The second-order valence-corrected chi connectivity index (χ2v) is 5.35. The van der Waals surface area contributed by atoms with Crippen LogP contribution in [0.1, 0.15) is 6.92 Å². The van der Waals surface area contributed by atoms with Gasteiger partial charge in [-0.3, -0.25) is 14.4 Å². The van der Waals surface area contributed by atoms with Crippen molar-refractivity contribution < 1.29 is 23.9 Å². The third-order valence-electron chi connectivity index (χ3n) is 2.58. The fourth-order valence-corrected chi connectivity index (χ4v) is 2.14. The average Bonchev–Trinajstić information content (AvgIpc) is 2.57. The van der Waals surface area contributed by atoms with E-state index in [9.17, 15) is 14.4 Å². The van der Waals surface area contributed by atoms with Gasteiger partial charge in [0, 0.05) is 11.9 Å². The molecule has 2 N–H and O–H groups in total. The predicted octanol–water partition coefficient (Wildman–Crippen LogP) is 0.583. The first-order valence-electron chi connectivity index (χ1n) is 7.03. The summed E-state index contributed by atoms with van der Waals surface area (Å²) in [5.41, 5.74) is 0. The topological polar surface area (TPSA) is 93.7 Å². The zero-order valence-corrected chi connectivity index (χ0v) is 13.9. The number of rotatable bonds is 9. The van der Waals surface area contributed by atoms with Gasteiger partial charge in [0.05, 0.1) is 18.9 Å². The van der Waals surface area contributed by atoms with Crippen molar-refractivity contribution >= 4 is 29.5 Å². The van der Waals surface area contributed by atoms with Crippen LogP contribution in [0.25, 0.3) is 0 Å². The smallest absolute Gasteiger partial charge is 0.316 e. The number of carbonyl (C=O) groups excluding carboxylic acids is 3. The molecule has 1 rings (SSSR count). The minimum atomic E-state index is -0.520. The van der Waals surface area contributed by atoms with E-state index in [1.807, 2.05) is 31.2 Å². The fraction of sp³-hybridized carbons (Fsp3) is 0.400. The van der Waals surface area contributed by atoms with Gasteiger partial charge in [0.1, 0.15) is 5.75 Å². The largest absolute Gasteiger partial charge is 0.494 e. The highest BCUT2D eigenvalue weighted by molar-refractivity contribution is 8.00. The molecule has 1 aromatic carbocycles. The Labute approximate surface area is 139 Å². The number of hydrogen-bond acceptors (Lipinski definition) is 6. The van der Waals surface area contributed by atoms with Gasteiger partial charge in [-0.1, -0.05) is 0 Å². The molecule has 1 aromatic rings. The van der Waals surface area contributed by atoms with Crippen molar-refractivity contribution in [2.24, 2.45) is 0 Å². The van der Waals surface area contributed by atoms with Crippen molar-refractivity contribution in [1.29, 1.82) is 0 Å². The zero-order chi connectivity index (χ0) is 17.1. The lowest BCUT2D eigenvalue weighted by molar-refractivity contribution is -0.146. The van der Waals surface area contributed by atoms with Crippen molar-refractivity contribution in [2.75, 3.05) is 32.6 Å². The third kappa shape index (κ3) is 8.10. The molecule has 0 aliphatic carbocycles. The van der Waals surface area contributed by atoms with Gasteiger partial charge in [-0.25, -0.2) is 0 Å². The maximum Gasteiger partial charge on any atom is 0.316 e. The van der Waals surface area contributed by atoms with E-state index in [0.29, 0.717) is 6.61 Å². The predicted molar refractivity (Wildman–Crippen MR) is 86.4 cm³/mol. The van der Waals surface area contributed by atoms with Crippen LogP contribution >= 0.6 is 11.8 Å². The Kier molecular flexibility index (Phi) is 8.59. The molecule has 2 amide bonds. The summed E-state index contributed by atoms with van der Waals surface area (Å²) in [6, 6.07) is 7.34. The van der Waals surface area contributed by atoms with Crippen LogP contribution in [-0.4, -0.2) is 50.3 Å². The van der Waals surface area contributed by atoms with E-state index in [-0.39, 0.29) is 18.2 Å². The molecule has 23 heavy (non-hydrogen) atoms. The Balaban J connectivity index is 2.23. The number of hydrogen-bond donors (Lipinski definition) is 2. The van der Waals surface area contributed by atoms with Crippen LogP contribution in [0.2, 0.25) is 0 Å². The summed E-state index contributed by atoms with van der Waals surface area (Å²) in [5, 5.41) is 4.69. The molecule has 0 atom stereocenters. The van der Waals surface area contributed by atoms with Crippen LogP contribution in [0.4, 0.5) is 0 Å². The third-order valence-corrected chi connectivity index (χ3v) is 3.57. The lowest BCUT2D eigenvalue weighted by Gasteiger charge is -2.06. The first kappa shape index (κ1) is 18.8. The second-order valence-electron chi connectivity index (χ2n) is 4.30. The highest BCUT2D eigenvalue weighted by Crippen LogP contribution is 2.21. The van der Waals surface area contributed by atoms with Gasteiger partial charge in [0.2, 0.25) is 5.91 Å². The summed E-state index contributed by atoms with van der Waals surface area (Å²) in [4.78, 5) is 34.7. The minimum absolute atomic E-state index is 0.0940. The van der Waals surface area contributed by atoms with Gasteiger partial charge in [-0.2, -0.15) is 0 Å². The van der Waals surface area contributed by atoms with E-state index < -0.39 is 18.5 Å². The van der Waals surface area contributed by atoms with Gasteiger partial charge in [0.15, 0.2) is 6.61 Å². The zero-order valence-electron chi connectivity index (χ0n) is 13.1. The van der Waals surface area contributed by atoms with Crippen molar-refractivity contribution in [3.63, 3.8) is 0 Å². The fourth-order valence-electron chi connectivity index (χ4n) is 1.45. The van der Waals surface area contributed by atoms with E-state index in [1.165, 1.54) is 18.8 Å². The summed E-state index contributed by atoms with van der Waals surface area (Å²) < 4.78 is 10.2. The summed E-state index contributed by atoms with van der Waals surface area (Å²) in [5.74, 6) is -0.480. The molecule has 0 saturated carbocycles. The molecule has 0 bridgehead atoms. The Morgan fingerprint density at radius 3 is 2.43 bits per heavy atom. The Bertz CT molecular complexity index is 533. The number of benzene rings is 1. The molecule has 0 spiro atoms. The van der Waals surface area contributed by atoms with Crippen LogP contribution in [0.15, 0.2) is 29.2 Å². The SMILES string of the molecule is CCOc1ccc(SCC(=O)OCC(=O)NCC(=O)NC)cc1. The number of amides is 2. The van der Waals surface area contributed by atoms with E-state index in [0.717, 1.165) is 10.6 Å². The molecule has 0 aromatic heterocycles. The number of nitrogens with one attached hydrogen (secondary N) is 2. The van der Waals surface area contributed by atoms with Gasteiger partial charge in [-0.05, 0) is 31.2 Å². The van der Waals surface area contributed by atoms with E-state index in [2.05, 4.69) is 10.6 Å². The number of esters is 1. The normalized spacial score (nSPS) is 9.83. The highest BCUT2D eigenvalue weighted by atomic mass is 32.2. The Morgan fingerprint density at radius 1 is 1.13 bits per heavy atom. The number of thioether (sulfide) groups is 1. The number of likely N-dealkylation sites (N-methyl/N-ethyl adjacent to an activating group) is 1. The molecule has 0 saturated heterocycles. The summed E-state index contributed by atoms with van der Waals surface area (Å²) >= 11 is 1.30. The summed E-state index contributed by atoms with van der Waals surface area (Å²) in [6.07, 6.45) is 0. The van der Waals surface area contributed by atoms with Crippen LogP contribution in [-0.2, 0) is 19.1 Å². The Morgan fingerprint density at radius 2 is 1.83 bits per heavy atom. The molecule has 8 heteroatoms. The number of ether oxygens (including phenoxy) is 2. The summed E-state index contributed by atoms with van der Waals surface area (Å²) in [6.45, 7) is 1.96. The summed E-state index contributed by atoms with van der Waals surface area (Å²) in [7, 11) is 1.46. The van der Waals surface area contributed by atoms with Gasteiger partial charge in [-0.15, -0.1) is 11.8 Å². The lowest BCUT2D eigenvalue weighted by Crippen LogP contribution is -2.37. The molecule has 0 radical (unpaired) electrons. The maximum absolute atomic E-state index is 11.6. The van der Waals surface area contributed by atoms with Crippen molar-refractivity contribution in [3.8, 4) is 5.75 Å². The molecule has 0 fully saturated rings. The van der Waals surface area contributed by atoms with Crippen LogP contribution in [0.5, 0.6) is 5.75 Å². The van der Waals surface area contributed by atoms with E-state index in [4.69, 9.17) is 9.47 Å². The highest BCUT2D eigenvalue weighted by Gasteiger charge is 2.09. The maximum atomic E-state index is 11.6. The minimum Gasteiger partial charge on any atom is -0.494 e. The molecule has 126 valence electrons. The first-order chi connectivity index (χ1) is 11.0. The molecule has 0 unspecified atom stereocenters. The van der Waals surface area contributed by atoms with Crippen LogP contribution < -0.4 is 15.4 Å². The molecular weight excluding hydrogens is 320 g/mol. The number of carbonyl (C=O) groups is 3. The van der Waals surface area contributed by atoms with Crippen molar-refractivity contribution in [2.45, 2.75) is 11.8 Å². The molecule has 0 heterocycles. The second kappa shape index (κ2) is 10.5. The Hall–Kier alpha value is -2.22. The molecular formula is C15H20N2O5S. The van der Waals surface area contributed by atoms with Gasteiger partial charge >= 0.3 is 5.97 Å². The van der Waals surface area contributed by atoms with E-state index in [1.54, 1.807) is 0 Å². The monoisotopic (exact) mass is 340 g/mol. The van der Waals surface area contributed by atoms with Gasteiger partial charge < -0.3 is 20.1 Å². The van der Waals surface area contributed by atoms with Crippen molar-refractivity contribution in [1.82, 2.24) is 10.6 Å². The molecule has 7 nitrogen and oxygen atoms in total.